The number of nitrogens with zero attached hydrogens (tertiary/aromatic N) is 2. The van der Waals surface area contributed by atoms with Gasteiger partial charge in [0.15, 0.2) is 0 Å². The van der Waals surface area contributed by atoms with E-state index in [0.29, 0.717) is 12.5 Å². The first-order chi connectivity index (χ1) is 13.6. The minimum absolute atomic E-state index is 0.471. The average molecular weight is 386 g/mol. The first kappa shape index (κ1) is 24.4. The topological polar surface area (TPSA) is 79.8 Å². The van der Waals surface area contributed by atoms with Crippen LogP contribution in [-0.2, 0) is 15.9 Å². The molecule has 0 atom stereocenters. The lowest BCUT2D eigenvalue weighted by Crippen LogP contribution is -1.96. The SMILES string of the molecule is C=CCOc1cnccn1.C=CCc1ccccc1OC.C=COC(=O)OC. The summed E-state index contributed by atoms with van der Waals surface area (Å²) in [6.07, 6.45) is 9.40. The first-order valence-electron chi connectivity index (χ1n) is 8.20. The number of carbonyl (C=O) groups excluding carboxylic acids is 1. The largest absolute Gasteiger partial charge is 0.512 e. The Morgan fingerprint density at radius 1 is 1.11 bits per heavy atom. The Morgan fingerprint density at radius 3 is 2.36 bits per heavy atom. The third-order valence-electron chi connectivity index (χ3n) is 2.79. The van der Waals surface area contributed by atoms with E-state index < -0.39 is 6.16 Å². The van der Waals surface area contributed by atoms with Crippen LogP contribution in [0.2, 0.25) is 0 Å². The van der Waals surface area contributed by atoms with Crippen molar-refractivity contribution in [2.45, 2.75) is 6.42 Å². The number of benzene rings is 1. The summed E-state index contributed by atoms with van der Waals surface area (Å²) in [5.41, 5.74) is 1.19. The monoisotopic (exact) mass is 386 g/mol. The molecule has 0 bridgehead atoms. The Kier molecular flexibility index (Phi) is 14.7. The fourth-order valence-corrected chi connectivity index (χ4v) is 1.65. The zero-order chi connectivity index (χ0) is 21.0. The number of carbonyl (C=O) groups is 1. The van der Waals surface area contributed by atoms with Crippen molar-refractivity contribution in [1.29, 1.82) is 0 Å². The minimum Gasteiger partial charge on any atom is -0.496 e. The number of hydrogen-bond donors (Lipinski definition) is 0. The van der Waals surface area contributed by atoms with Crippen molar-refractivity contribution in [2.75, 3.05) is 20.8 Å². The maximum Gasteiger partial charge on any atom is 0.512 e. The lowest BCUT2D eigenvalue weighted by Gasteiger charge is -2.04. The molecule has 0 saturated heterocycles. The second-order valence-electron chi connectivity index (χ2n) is 4.69. The number of aromatic nitrogens is 2. The molecular formula is C21H26N2O5. The van der Waals surface area contributed by atoms with E-state index in [9.17, 15) is 4.79 Å². The Hall–Kier alpha value is -3.61. The second kappa shape index (κ2) is 16.8. The van der Waals surface area contributed by atoms with Crippen LogP contribution in [0.15, 0.2) is 81.0 Å². The molecule has 0 amide bonds. The van der Waals surface area contributed by atoms with Gasteiger partial charge < -0.3 is 18.9 Å². The molecule has 1 aromatic carbocycles. The summed E-state index contributed by atoms with van der Waals surface area (Å²) in [4.78, 5) is 17.6. The van der Waals surface area contributed by atoms with Crippen molar-refractivity contribution in [3.63, 3.8) is 0 Å². The van der Waals surface area contributed by atoms with E-state index in [1.165, 1.54) is 12.7 Å². The molecule has 0 radical (unpaired) electrons. The van der Waals surface area contributed by atoms with Gasteiger partial charge in [-0.25, -0.2) is 9.78 Å². The van der Waals surface area contributed by atoms with Crippen LogP contribution in [0, 0.1) is 0 Å². The Bertz CT molecular complexity index is 705. The molecule has 0 aliphatic heterocycles. The minimum atomic E-state index is -0.741. The van der Waals surface area contributed by atoms with Gasteiger partial charge in [-0.2, -0.15) is 0 Å². The van der Waals surface area contributed by atoms with E-state index in [0.717, 1.165) is 18.4 Å². The van der Waals surface area contributed by atoms with Crippen LogP contribution in [-0.4, -0.2) is 36.9 Å². The number of hydrogen-bond acceptors (Lipinski definition) is 7. The van der Waals surface area contributed by atoms with Crippen molar-refractivity contribution in [3.8, 4) is 11.6 Å². The van der Waals surface area contributed by atoms with Crippen LogP contribution < -0.4 is 9.47 Å². The summed E-state index contributed by atoms with van der Waals surface area (Å²) < 4.78 is 18.4. The standard InChI is InChI=1S/C10H12O.C7H8N2O.C4H6O3/c1-3-6-9-7-4-5-8-10(9)11-2;1-2-5-10-7-6-8-3-4-9-7;1-3-7-4(5)6-2/h3-5,7-8H,1,6H2,2H3;2-4,6H,1,5H2;3H,1H2,2H3. The smallest absolute Gasteiger partial charge is 0.496 e. The third kappa shape index (κ3) is 11.9. The van der Waals surface area contributed by atoms with Gasteiger partial charge in [0.25, 0.3) is 0 Å². The average Bonchev–Trinajstić information content (AvgIpc) is 2.74. The maximum atomic E-state index is 9.90. The number of methoxy groups -OCH3 is 2. The molecule has 1 heterocycles. The number of allylic oxidation sites excluding steroid dienone is 1. The highest BCUT2D eigenvalue weighted by Crippen LogP contribution is 2.17. The van der Waals surface area contributed by atoms with E-state index >= 15 is 0 Å². The van der Waals surface area contributed by atoms with Crippen molar-refractivity contribution in [2.24, 2.45) is 0 Å². The van der Waals surface area contributed by atoms with Gasteiger partial charge in [-0.05, 0) is 18.1 Å². The molecule has 28 heavy (non-hydrogen) atoms. The summed E-state index contributed by atoms with van der Waals surface area (Å²) in [6.45, 7) is 10.8. The highest BCUT2D eigenvalue weighted by Gasteiger charge is 1.96. The van der Waals surface area contributed by atoms with Gasteiger partial charge in [-0.3, -0.25) is 4.98 Å². The molecule has 150 valence electrons. The lowest BCUT2D eigenvalue weighted by molar-refractivity contribution is 0.106. The summed E-state index contributed by atoms with van der Waals surface area (Å²) in [7, 11) is 2.91. The fraction of sp³-hybridized carbons (Fsp3) is 0.190. The Morgan fingerprint density at radius 2 is 1.86 bits per heavy atom. The second-order valence-corrected chi connectivity index (χ2v) is 4.69. The normalized spacial score (nSPS) is 8.50. The van der Waals surface area contributed by atoms with Crippen molar-refractivity contribution in [1.82, 2.24) is 9.97 Å². The third-order valence-corrected chi connectivity index (χ3v) is 2.79. The van der Waals surface area contributed by atoms with Gasteiger partial charge >= 0.3 is 6.16 Å². The quantitative estimate of drug-likeness (QED) is 0.397. The molecule has 1 aromatic heterocycles. The number of ether oxygens (including phenoxy) is 4. The van der Waals surface area contributed by atoms with Crippen LogP contribution in [0.1, 0.15) is 5.56 Å². The molecule has 2 rings (SSSR count). The fourth-order valence-electron chi connectivity index (χ4n) is 1.65. The molecular weight excluding hydrogens is 360 g/mol. The van der Waals surface area contributed by atoms with Crippen LogP contribution >= 0.6 is 0 Å². The Labute approximate surface area is 166 Å². The van der Waals surface area contributed by atoms with Crippen LogP contribution in [0.5, 0.6) is 11.6 Å². The van der Waals surface area contributed by atoms with Gasteiger partial charge in [0, 0.05) is 12.4 Å². The van der Waals surface area contributed by atoms with Gasteiger partial charge in [0.05, 0.1) is 26.7 Å². The van der Waals surface area contributed by atoms with Gasteiger partial charge in [0.2, 0.25) is 5.88 Å². The van der Waals surface area contributed by atoms with E-state index in [1.807, 2.05) is 30.3 Å². The first-order valence-corrected chi connectivity index (χ1v) is 8.20. The van der Waals surface area contributed by atoms with Gasteiger partial charge in [0.1, 0.15) is 12.4 Å². The molecule has 0 unspecified atom stereocenters. The van der Waals surface area contributed by atoms with Crippen LogP contribution in [0.3, 0.4) is 0 Å². The maximum absolute atomic E-state index is 9.90. The predicted octanol–water partition coefficient (Wildman–Crippen LogP) is 4.38. The molecule has 2 aromatic rings. The predicted molar refractivity (Wildman–Crippen MR) is 108 cm³/mol. The van der Waals surface area contributed by atoms with Crippen LogP contribution in [0.25, 0.3) is 0 Å². The number of para-hydroxylation sites is 1. The molecule has 0 fully saturated rings. The summed E-state index contributed by atoms with van der Waals surface area (Å²) >= 11 is 0. The number of rotatable bonds is 7. The molecule has 0 aliphatic carbocycles. The molecule has 0 aliphatic rings. The lowest BCUT2D eigenvalue weighted by atomic mass is 10.1. The van der Waals surface area contributed by atoms with Crippen molar-refractivity contribution in [3.05, 3.63) is 86.6 Å². The molecule has 0 spiro atoms. The summed E-state index contributed by atoms with van der Waals surface area (Å²) in [6, 6.07) is 7.96. The summed E-state index contributed by atoms with van der Waals surface area (Å²) in [5, 5.41) is 0. The van der Waals surface area contributed by atoms with Crippen molar-refractivity contribution >= 4 is 6.16 Å². The van der Waals surface area contributed by atoms with E-state index in [4.69, 9.17) is 9.47 Å². The van der Waals surface area contributed by atoms with E-state index in [1.54, 1.807) is 31.8 Å². The van der Waals surface area contributed by atoms with Gasteiger partial charge in [-0.15, -0.1) is 6.58 Å². The van der Waals surface area contributed by atoms with Crippen LogP contribution in [0.4, 0.5) is 4.79 Å². The van der Waals surface area contributed by atoms with E-state index in [-0.39, 0.29) is 0 Å². The highest BCUT2D eigenvalue weighted by molar-refractivity contribution is 5.60. The zero-order valence-electron chi connectivity index (χ0n) is 16.2. The van der Waals surface area contributed by atoms with Crippen molar-refractivity contribution < 1.29 is 23.7 Å². The molecule has 7 nitrogen and oxygen atoms in total. The highest BCUT2D eigenvalue weighted by atomic mass is 16.7. The molecule has 7 heteroatoms. The Balaban J connectivity index is 0.000000402. The zero-order valence-corrected chi connectivity index (χ0v) is 16.2. The summed E-state index contributed by atoms with van der Waals surface area (Å²) in [5.74, 6) is 1.47. The molecule has 0 saturated carbocycles. The molecule has 0 N–H and O–H groups in total. The van der Waals surface area contributed by atoms with Gasteiger partial charge in [-0.1, -0.05) is 43.5 Å². The van der Waals surface area contributed by atoms with E-state index in [2.05, 4.69) is 39.2 Å².